The van der Waals surface area contributed by atoms with Gasteiger partial charge in [-0.1, -0.05) is 18.1 Å². The number of hydrogen-bond donors (Lipinski definition) is 1. The van der Waals surface area contributed by atoms with Crippen LogP contribution in [0.2, 0.25) is 0 Å². The van der Waals surface area contributed by atoms with Gasteiger partial charge < -0.3 is 19.5 Å². The number of ether oxygens (including phenoxy) is 3. The number of nitrogens with one attached hydrogen (secondary N) is 1. The van der Waals surface area contributed by atoms with Crippen LogP contribution in [0.15, 0.2) is 24.3 Å². The Morgan fingerprint density at radius 2 is 2.12 bits per heavy atom. The van der Waals surface area contributed by atoms with Crippen LogP contribution in [0.1, 0.15) is 0 Å². The normalized spacial score (nSPS) is 9.18. The van der Waals surface area contributed by atoms with Crippen molar-refractivity contribution >= 4 is 6.09 Å². The molecule has 1 aromatic rings. The summed E-state index contributed by atoms with van der Waals surface area (Å²) >= 11 is 0. The van der Waals surface area contributed by atoms with Gasteiger partial charge in [0.25, 0.3) is 0 Å². The fourth-order valence-electron chi connectivity index (χ4n) is 1.01. The van der Waals surface area contributed by atoms with E-state index in [0.29, 0.717) is 11.5 Å². The molecular weight excluding hydrogens is 222 g/mol. The minimum Gasteiger partial charge on any atom is -0.464 e. The van der Waals surface area contributed by atoms with E-state index in [1.165, 1.54) is 7.05 Å². The van der Waals surface area contributed by atoms with E-state index in [4.69, 9.17) is 20.6 Å². The minimum atomic E-state index is -0.564. The summed E-state index contributed by atoms with van der Waals surface area (Å²) in [4.78, 5) is 11.1. The van der Waals surface area contributed by atoms with Gasteiger partial charge in [0.2, 0.25) is 0 Å². The maximum atomic E-state index is 11.1. The number of carbonyl (C=O) groups is 1. The van der Waals surface area contributed by atoms with Gasteiger partial charge in [-0.2, -0.15) is 0 Å². The van der Waals surface area contributed by atoms with Crippen LogP contribution in [0.5, 0.6) is 11.5 Å². The number of rotatable bonds is 5. The first-order chi connectivity index (χ1) is 8.27. The molecular formula is C12H13NO4. The summed E-state index contributed by atoms with van der Waals surface area (Å²) in [6.07, 6.45) is 4.45. The topological polar surface area (TPSA) is 56.8 Å². The molecule has 1 rings (SSSR count). The second-order valence-electron chi connectivity index (χ2n) is 2.90. The third-order valence-corrected chi connectivity index (χ3v) is 1.74. The third-order valence-electron chi connectivity index (χ3n) is 1.74. The summed E-state index contributed by atoms with van der Waals surface area (Å²) in [5.74, 6) is 3.04. The molecule has 0 aliphatic rings. The molecule has 90 valence electrons. The molecule has 5 heteroatoms. The van der Waals surface area contributed by atoms with E-state index in [1.54, 1.807) is 24.3 Å². The van der Waals surface area contributed by atoms with E-state index >= 15 is 0 Å². The number of hydrogen-bond acceptors (Lipinski definition) is 4. The van der Waals surface area contributed by atoms with Crippen molar-refractivity contribution in [3.05, 3.63) is 24.3 Å². The van der Waals surface area contributed by atoms with E-state index in [2.05, 4.69) is 11.2 Å². The summed E-state index contributed by atoms with van der Waals surface area (Å²) in [6.45, 7) is 0.163. The lowest BCUT2D eigenvalue weighted by molar-refractivity contribution is 0.0318. The summed E-state index contributed by atoms with van der Waals surface area (Å²) in [5, 5.41) is 2.34. The Morgan fingerprint density at radius 1 is 1.41 bits per heavy atom. The van der Waals surface area contributed by atoms with E-state index in [0.717, 1.165) is 0 Å². The largest absolute Gasteiger partial charge is 0.464 e. The number of terminal acetylenes is 1. The molecule has 0 heterocycles. The predicted molar refractivity (Wildman–Crippen MR) is 61.8 cm³/mol. The summed E-state index contributed by atoms with van der Waals surface area (Å²) in [5.41, 5.74) is 0. The van der Waals surface area contributed by atoms with Crippen molar-refractivity contribution in [2.45, 2.75) is 0 Å². The van der Waals surface area contributed by atoms with Gasteiger partial charge in [-0.15, -0.1) is 6.42 Å². The molecule has 0 aliphatic carbocycles. The van der Waals surface area contributed by atoms with Crippen molar-refractivity contribution < 1.29 is 19.0 Å². The lowest BCUT2D eigenvalue weighted by Gasteiger charge is -2.10. The molecule has 17 heavy (non-hydrogen) atoms. The molecule has 0 aromatic heterocycles. The van der Waals surface area contributed by atoms with Gasteiger partial charge in [0.1, 0.15) is 6.61 Å². The van der Waals surface area contributed by atoms with Crippen molar-refractivity contribution in [2.24, 2.45) is 0 Å². The first-order valence-electron chi connectivity index (χ1n) is 4.90. The number of benzene rings is 1. The van der Waals surface area contributed by atoms with Crippen LogP contribution >= 0.6 is 0 Å². The SMILES string of the molecule is C#CCOCOc1ccccc1OC(=O)NC. The number of para-hydroxylation sites is 2. The number of carbonyl (C=O) groups excluding carboxylic acids is 1. The minimum absolute atomic E-state index is 0.00167. The molecule has 0 saturated heterocycles. The average molecular weight is 235 g/mol. The molecule has 0 bridgehead atoms. The molecule has 0 saturated carbocycles. The summed E-state index contributed by atoms with van der Waals surface area (Å²) in [7, 11) is 1.47. The molecule has 0 radical (unpaired) electrons. The Balaban J connectivity index is 2.58. The van der Waals surface area contributed by atoms with Gasteiger partial charge in [-0.05, 0) is 12.1 Å². The van der Waals surface area contributed by atoms with Gasteiger partial charge in [-0.25, -0.2) is 4.79 Å². The van der Waals surface area contributed by atoms with Crippen molar-refractivity contribution in [1.29, 1.82) is 0 Å². The molecule has 1 N–H and O–H groups in total. The average Bonchev–Trinajstić information content (AvgIpc) is 2.36. The molecule has 0 unspecified atom stereocenters. The zero-order chi connectivity index (χ0) is 12.5. The number of amides is 1. The van der Waals surface area contributed by atoms with Crippen LogP contribution in [-0.4, -0.2) is 26.5 Å². The standard InChI is InChI=1S/C12H13NO4/c1-3-8-15-9-16-10-6-4-5-7-11(10)17-12(14)13-2/h1,4-7H,8-9H2,2H3,(H,13,14). The molecule has 1 aromatic carbocycles. The smallest absolute Gasteiger partial charge is 0.412 e. The van der Waals surface area contributed by atoms with Crippen LogP contribution in [0.25, 0.3) is 0 Å². The van der Waals surface area contributed by atoms with Crippen LogP contribution < -0.4 is 14.8 Å². The molecule has 0 aliphatic heterocycles. The molecule has 0 atom stereocenters. The Bertz CT molecular complexity index is 411. The quantitative estimate of drug-likeness (QED) is 0.476. The van der Waals surface area contributed by atoms with Crippen molar-refractivity contribution in [2.75, 3.05) is 20.4 Å². The fraction of sp³-hybridized carbons (Fsp3) is 0.250. The van der Waals surface area contributed by atoms with Gasteiger partial charge in [0.05, 0.1) is 0 Å². The monoisotopic (exact) mass is 235 g/mol. The fourth-order valence-corrected chi connectivity index (χ4v) is 1.01. The van der Waals surface area contributed by atoms with E-state index in [9.17, 15) is 4.79 Å². The van der Waals surface area contributed by atoms with Gasteiger partial charge in [-0.3, -0.25) is 0 Å². The summed E-state index contributed by atoms with van der Waals surface area (Å²) in [6, 6.07) is 6.77. The lowest BCUT2D eigenvalue weighted by Crippen LogP contribution is -2.22. The maximum absolute atomic E-state index is 11.1. The van der Waals surface area contributed by atoms with Crippen molar-refractivity contribution in [3.63, 3.8) is 0 Å². The van der Waals surface area contributed by atoms with Gasteiger partial charge in [0.15, 0.2) is 18.3 Å². The summed E-state index contributed by atoms with van der Waals surface area (Å²) < 4.78 is 15.2. The van der Waals surface area contributed by atoms with Gasteiger partial charge >= 0.3 is 6.09 Å². The Kier molecular flexibility index (Phi) is 5.41. The van der Waals surface area contributed by atoms with Crippen LogP contribution in [0.3, 0.4) is 0 Å². The Labute approximate surface area is 99.7 Å². The van der Waals surface area contributed by atoms with Gasteiger partial charge in [0, 0.05) is 7.05 Å². The Hall–Kier alpha value is -2.19. The van der Waals surface area contributed by atoms with Crippen molar-refractivity contribution in [1.82, 2.24) is 5.32 Å². The van der Waals surface area contributed by atoms with Crippen LogP contribution in [-0.2, 0) is 4.74 Å². The molecule has 0 fully saturated rings. The molecule has 0 spiro atoms. The van der Waals surface area contributed by atoms with Crippen LogP contribution in [0.4, 0.5) is 4.79 Å². The van der Waals surface area contributed by atoms with Crippen LogP contribution in [0, 0.1) is 12.3 Å². The third kappa shape index (κ3) is 4.45. The zero-order valence-corrected chi connectivity index (χ0v) is 9.43. The highest BCUT2D eigenvalue weighted by molar-refractivity contribution is 5.70. The highest BCUT2D eigenvalue weighted by Gasteiger charge is 2.07. The predicted octanol–water partition coefficient (Wildman–Crippen LogP) is 1.39. The maximum Gasteiger partial charge on any atom is 0.412 e. The van der Waals surface area contributed by atoms with E-state index < -0.39 is 6.09 Å². The second-order valence-corrected chi connectivity index (χ2v) is 2.90. The highest BCUT2D eigenvalue weighted by atomic mass is 16.7. The van der Waals surface area contributed by atoms with E-state index in [1.807, 2.05) is 0 Å². The first kappa shape index (κ1) is 12.9. The highest BCUT2D eigenvalue weighted by Crippen LogP contribution is 2.26. The van der Waals surface area contributed by atoms with Crippen molar-refractivity contribution in [3.8, 4) is 23.8 Å². The second kappa shape index (κ2) is 7.14. The molecule has 1 amide bonds. The zero-order valence-electron chi connectivity index (χ0n) is 9.43. The van der Waals surface area contributed by atoms with E-state index in [-0.39, 0.29) is 13.4 Å². The Morgan fingerprint density at radius 3 is 2.76 bits per heavy atom. The first-order valence-corrected chi connectivity index (χ1v) is 4.90. The molecule has 5 nitrogen and oxygen atoms in total. The lowest BCUT2D eigenvalue weighted by atomic mass is 10.3.